The van der Waals surface area contributed by atoms with Crippen LogP contribution in [0.3, 0.4) is 0 Å². The van der Waals surface area contributed by atoms with E-state index in [1.54, 1.807) is 59.5 Å². The van der Waals surface area contributed by atoms with Gasteiger partial charge in [0.25, 0.3) is 11.8 Å². The van der Waals surface area contributed by atoms with E-state index in [2.05, 4.69) is 5.32 Å². The Morgan fingerprint density at radius 3 is 2.39 bits per heavy atom. The molecule has 0 unspecified atom stereocenters. The van der Waals surface area contributed by atoms with E-state index in [1.165, 1.54) is 12.1 Å². The Kier molecular flexibility index (Phi) is 7.61. The van der Waals surface area contributed by atoms with Crippen molar-refractivity contribution in [1.82, 2.24) is 4.90 Å². The molecule has 4 aromatic rings. The smallest absolute Gasteiger partial charge is 0.291 e. The fourth-order valence-corrected chi connectivity index (χ4v) is 4.89. The van der Waals surface area contributed by atoms with Gasteiger partial charge in [0.1, 0.15) is 11.6 Å². The highest BCUT2D eigenvalue weighted by Gasteiger charge is 2.26. The Bertz CT molecular complexity index is 1520. The first-order chi connectivity index (χ1) is 18.3. The van der Waals surface area contributed by atoms with Gasteiger partial charge in [0.15, 0.2) is 5.76 Å². The number of nitrogens with one attached hydrogen (secondary N) is 1. The van der Waals surface area contributed by atoms with Crippen molar-refractivity contribution in [2.75, 3.05) is 36.4 Å². The predicted octanol–water partition coefficient (Wildman–Crippen LogP) is 7.26. The van der Waals surface area contributed by atoms with Gasteiger partial charge in [-0.15, -0.1) is 0 Å². The van der Waals surface area contributed by atoms with Crippen molar-refractivity contribution < 1.29 is 18.4 Å². The van der Waals surface area contributed by atoms with Gasteiger partial charge in [-0.3, -0.25) is 9.59 Å². The lowest BCUT2D eigenvalue weighted by atomic mass is 10.1. The van der Waals surface area contributed by atoms with Crippen LogP contribution in [0.15, 0.2) is 77.2 Å². The molecule has 1 fully saturated rings. The van der Waals surface area contributed by atoms with Crippen LogP contribution in [0.5, 0.6) is 0 Å². The van der Waals surface area contributed by atoms with Gasteiger partial charge in [-0.1, -0.05) is 53.0 Å². The molecule has 1 aromatic heterocycles. The van der Waals surface area contributed by atoms with E-state index >= 15 is 0 Å². The molecule has 1 N–H and O–H groups in total. The third-order valence-electron chi connectivity index (χ3n) is 6.27. The molecule has 6 nitrogen and oxygen atoms in total. The summed E-state index contributed by atoms with van der Waals surface area (Å²) in [5, 5.41) is 4.04. The van der Waals surface area contributed by atoms with Crippen LogP contribution >= 0.6 is 34.8 Å². The summed E-state index contributed by atoms with van der Waals surface area (Å²) in [6.07, 6.45) is 0. The van der Waals surface area contributed by atoms with Crippen molar-refractivity contribution in [2.45, 2.75) is 0 Å². The Balaban J connectivity index is 1.30. The second-order valence-electron chi connectivity index (χ2n) is 8.64. The van der Waals surface area contributed by atoms with E-state index in [1.807, 2.05) is 11.0 Å². The zero-order valence-electron chi connectivity index (χ0n) is 19.9. The zero-order valence-corrected chi connectivity index (χ0v) is 22.2. The molecule has 0 spiro atoms. The van der Waals surface area contributed by atoms with Crippen molar-refractivity contribution >= 4 is 58.0 Å². The Morgan fingerprint density at radius 1 is 0.868 bits per heavy atom. The van der Waals surface area contributed by atoms with Gasteiger partial charge < -0.3 is 19.5 Å². The van der Waals surface area contributed by atoms with Crippen molar-refractivity contribution in [3.05, 3.63) is 105 Å². The molecule has 38 heavy (non-hydrogen) atoms. The SMILES string of the molecule is O=C(Nc1cc(Cl)ccc1N1CCN(C(=O)c2ccccc2F)CC1)c1ccc(-c2cccc(Cl)c2Cl)o1. The third kappa shape index (κ3) is 5.36. The number of hydrogen-bond acceptors (Lipinski definition) is 4. The maximum absolute atomic E-state index is 14.1. The standard InChI is InChI=1S/C28H21Cl3FN3O3/c29-17-8-9-23(34-12-14-35(15-13-34)28(37)18-4-1-2-7-21(18)32)22(16-17)33-27(36)25-11-10-24(38-25)19-5-3-6-20(30)26(19)31/h1-11,16H,12-15H2,(H,33,36). The van der Waals surface area contributed by atoms with Crippen LogP contribution in [-0.2, 0) is 0 Å². The van der Waals surface area contributed by atoms with Crippen LogP contribution in [0.2, 0.25) is 15.1 Å². The number of amides is 2. The molecule has 2 amide bonds. The van der Waals surface area contributed by atoms with E-state index < -0.39 is 11.7 Å². The van der Waals surface area contributed by atoms with Gasteiger partial charge in [-0.25, -0.2) is 4.39 Å². The van der Waals surface area contributed by atoms with Crippen LogP contribution in [-0.4, -0.2) is 42.9 Å². The molecule has 0 radical (unpaired) electrons. The second-order valence-corrected chi connectivity index (χ2v) is 9.86. The number of benzene rings is 3. The highest BCUT2D eigenvalue weighted by atomic mass is 35.5. The molecule has 0 atom stereocenters. The highest BCUT2D eigenvalue weighted by Crippen LogP contribution is 2.35. The maximum atomic E-state index is 14.1. The van der Waals surface area contributed by atoms with Crippen LogP contribution in [0, 0.1) is 5.82 Å². The lowest BCUT2D eigenvalue weighted by Crippen LogP contribution is -2.49. The minimum Gasteiger partial charge on any atom is -0.451 e. The normalized spacial score (nSPS) is 13.5. The van der Waals surface area contributed by atoms with Crippen molar-refractivity contribution in [3.8, 4) is 11.3 Å². The fraction of sp³-hybridized carbons (Fsp3) is 0.143. The Labute approximate surface area is 233 Å². The van der Waals surface area contributed by atoms with Crippen LogP contribution in [0.25, 0.3) is 11.3 Å². The summed E-state index contributed by atoms with van der Waals surface area (Å²) in [5.41, 5.74) is 1.86. The molecule has 0 aliphatic carbocycles. The lowest BCUT2D eigenvalue weighted by Gasteiger charge is -2.37. The molecule has 3 aromatic carbocycles. The third-order valence-corrected chi connectivity index (χ3v) is 7.32. The first kappa shape index (κ1) is 26.1. The summed E-state index contributed by atoms with van der Waals surface area (Å²) in [7, 11) is 0. The molecule has 10 heteroatoms. The number of carbonyl (C=O) groups is 2. The number of hydrogen-bond donors (Lipinski definition) is 1. The first-order valence-electron chi connectivity index (χ1n) is 11.8. The summed E-state index contributed by atoms with van der Waals surface area (Å²) in [4.78, 5) is 29.5. The minimum atomic E-state index is -0.540. The molecule has 0 saturated carbocycles. The number of carbonyl (C=O) groups excluding carboxylic acids is 2. The van der Waals surface area contributed by atoms with E-state index in [0.717, 1.165) is 5.69 Å². The highest BCUT2D eigenvalue weighted by molar-refractivity contribution is 6.43. The van der Waals surface area contributed by atoms with E-state index in [-0.39, 0.29) is 17.2 Å². The number of anilines is 2. The summed E-state index contributed by atoms with van der Waals surface area (Å²) in [6.45, 7) is 1.77. The van der Waals surface area contributed by atoms with Gasteiger partial charge in [0, 0.05) is 36.8 Å². The van der Waals surface area contributed by atoms with Crippen LogP contribution < -0.4 is 10.2 Å². The summed E-state index contributed by atoms with van der Waals surface area (Å²) < 4.78 is 19.9. The average molecular weight is 573 g/mol. The number of piperazine rings is 1. The molecule has 5 rings (SSSR count). The minimum absolute atomic E-state index is 0.0530. The molecular formula is C28H21Cl3FN3O3. The first-order valence-corrected chi connectivity index (χ1v) is 12.9. The summed E-state index contributed by atoms with van der Waals surface area (Å²) in [6, 6.07) is 19.5. The maximum Gasteiger partial charge on any atom is 0.291 e. The molecule has 194 valence electrons. The average Bonchev–Trinajstić information content (AvgIpc) is 3.41. The monoisotopic (exact) mass is 571 g/mol. The molecule has 0 bridgehead atoms. The van der Waals surface area contributed by atoms with Gasteiger partial charge >= 0.3 is 0 Å². The zero-order chi connectivity index (χ0) is 26.8. The van der Waals surface area contributed by atoms with Crippen molar-refractivity contribution in [2.24, 2.45) is 0 Å². The van der Waals surface area contributed by atoms with Crippen LogP contribution in [0.1, 0.15) is 20.9 Å². The largest absolute Gasteiger partial charge is 0.451 e. The molecule has 1 aliphatic heterocycles. The van der Waals surface area contributed by atoms with E-state index in [0.29, 0.717) is 58.3 Å². The van der Waals surface area contributed by atoms with E-state index in [9.17, 15) is 14.0 Å². The number of nitrogens with zero attached hydrogens (tertiary/aromatic N) is 2. The van der Waals surface area contributed by atoms with Gasteiger partial charge in [-0.2, -0.15) is 0 Å². The van der Waals surface area contributed by atoms with Crippen molar-refractivity contribution in [1.29, 1.82) is 0 Å². The topological polar surface area (TPSA) is 65.8 Å². The fourth-order valence-electron chi connectivity index (χ4n) is 4.32. The Hall–Kier alpha value is -3.52. The lowest BCUT2D eigenvalue weighted by molar-refractivity contribution is 0.0742. The van der Waals surface area contributed by atoms with Gasteiger partial charge in [0.2, 0.25) is 0 Å². The Morgan fingerprint density at radius 2 is 1.63 bits per heavy atom. The molecule has 1 aliphatic rings. The van der Waals surface area contributed by atoms with E-state index in [4.69, 9.17) is 39.2 Å². The quantitative estimate of drug-likeness (QED) is 0.273. The molecule has 2 heterocycles. The predicted molar refractivity (Wildman–Crippen MR) is 148 cm³/mol. The van der Waals surface area contributed by atoms with Gasteiger partial charge in [0.05, 0.1) is 27.0 Å². The number of furan rings is 1. The second kappa shape index (κ2) is 11.1. The number of halogens is 4. The summed E-state index contributed by atoms with van der Waals surface area (Å²) >= 11 is 18.6. The van der Waals surface area contributed by atoms with Gasteiger partial charge in [-0.05, 0) is 54.6 Å². The van der Waals surface area contributed by atoms with Crippen molar-refractivity contribution in [3.63, 3.8) is 0 Å². The van der Waals surface area contributed by atoms with Crippen LogP contribution in [0.4, 0.5) is 15.8 Å². The summed E-state index contributed by atoms with van der Waals surface area (Å²) in [5.74, 6) is -0.861. The number of rotatable bonds is 5. The molecular weight excluding hydrogens is 552 g/mol. The molecule has 1 saturated heterocycles.